The molecule has 0 radical (unpaired) electrons. The number of hydrogen-bond donors (Lipinski definition) is 3. The maximum absolute atomic E-state index is 11.8. The number of para-hydroxylation sites is 1. The average Bonchev–Trinajstić information content (AvgIpc) is 2.39. The van der Waals surface area contributed by atoms with Gasteiger partial charge in [-0.05, 0) is 24.3 Å². The minimum absolute atomic E-state index is 0.111. The second kappa shape index (κ2) is 5.18. The molecule has 1 aromatic carbocycles. The van der Waals surface area contributed by atoms with E-state index in [-0.39, 0.29) is 17.0 Å². The van der Waals surface area contributed by atoms with Crippen molar-refractivity contribution in [3.8, 4) is 5.75 Å². The maximum atomic E-state index is 11.8. The lowest BCUT2D eigenvalue weighted by Gasteiger charge is -2.06. The number of aromatic carboxylic acids is 1. The molecule has 0 bridgehead atoms. The van der Waals surface area contributed by atoms with E-state index in [1.54, 1.807) is 12.1 Å². The molecule has 0 aliphatic heterocycles. The number of nitrogens with one attached hydrogen (secondary N) is 1. The molecule has 0 fully saturated rings. The number of carbonyl (C=O) groups is 2. The van der Waals surface area contributed by atoms with E-state index in [1.807, 2.05) is 0 Å². The Morgan fingerprint density at radius 1 is 1.11 bits per heavy atom. The molecule has 1 amide bonds. The van der Waals surface area contributed by atoms with E-state index in [9.17, 15) is 14.7 Å². The summed E-state index contributed by atoms with van der Waals surface area (Å²) in [6.07, 6.45) is 1.24. The minimum Gasteiger partial charge on any atom is -0.507 e. The van der Waals surface area contributed by atoms with Crippen LogP contribution in [0.3, 0.4) is 0 Å². The van der Waals surface area contributed by atoms with Crippen molar-refractivity contribution < 1.29 is 19.8 Å². The highest BCUT2D eigenvalue weighted by molar-refractivity contribution is 6.06. The molecule has 3 N–H and O–H groups in total. The monoisotopic (exact) mass is 258 g/mol. The van der Waals surface area contributed by atoms with Gasteiger partial charge in [0, 0.05) is 0 Å². The molecular formula is C13H10N2O4. The topological polar surface area (TPSA) is 99.5 Å². The molecule has 0 aliphatic carbocycles. The number of pyridine rings is 1. The fourth-order valence-electron chi connectivity index (χ4n) is 1.46. The lowest BCUT2D eigenvalue weighted by Crippen LogP contribution is -2.12. The number of carboxylic acids is 1. The summed E-state index contributed by atoms with van der Waals surface area (Å²) in [7, 11) is 0. The maximum Gasteiger partial charge on any atom is 0.354 e. The van der Waals surface area contributed by atoms with Gasteiger partial charge in [-0.15, -0.1) is 0 Å². The molecule has 1 heterocycles. The standard InChI is InChI=1S/C13H10N2O4/c16-11-4-2-1-3-9(11)12(17)15-8-5-6-10(13(18)19)14-7-8/h1-7,16H,(H,15,17)(H,18,19). The molecule has 1 aromatic heterocycles. The lowest BCUT2D eigenvalue weighted by atomic mass is 10.2. The predicted octanol–water partition coefficient (Wildman–Crippen LogP) is 1.74. The third-order valence-electron chi connectivity index (χ3n) is 2.39. The van der Waals surface area contributed by atoms with Crippen LogP contribution in [0.5, 0.6) is 5.75 Å². The van der Waals surface area contributed by atoms with Crippen molar-refractivity contribution >= 4 is 17.6 Å². The summed E-state index contributed by atoms with van der Waals surface area (Å²) in [5.41, 5.74) is 0.364. The quantitative estimate of drug-likeness (QED) is 0.778. The Labute approximate surface area is 108 Å². The van der Waals surface area contributed by atoms with Crippen LogP contribution in [0.15, 0.2) is 42.6 Å². The van der Waals surface area contributed by atoms with Crippen LogP contribution in [0.2, 0.25) is 0 Å². The summed E-state index contributed by atoms with van der Waals surface area (Å²) in [6, 6.07) is 8.82. The van der Waals surface area contributed by atoms with Gasteiger partial charge in [0.2, 0.25) is 0 Å². The van der Waals surface area contributed by atoms with Gasteiger partial charge in [-0.2, -0.15) is 0 Å². The van der Waals surface area contributed by atoms with Crippen molar-refractivity contribution in [1.29, 1.82) is 0 Å². The van der Waals surface area contributed by atoms with Crippen LogP contribution in [0.25, 0.3) is 0 Å². The first kappa shape index (κ1) is 12.6. The molecule has 2 aromatic rings. The van der Waals surface area contributed by atoms with E-state index >= 15 is 0 Å². The fourth-order valence-corrected chi connectivity index (χ4v) is 1.46. The summed E-state index contributed by atoms with van der Waals surface area (Å²) < 4.78 is 0. The SMILES string of the molecule is O=C(O)c1ccc(NC(=O)c2ccccc2O)cn1. The highest BCUT2D eigenvalue weighted by Gasteiger charge is 2.11. The summed E-state index contributed by atoms with van der Waals surface area (Å²) in [5, 5.41) is 20.7. The van der Waals surface area contributed by atoms with Gasteiger partial charge < -0.3 is 15.5 Å². The van der Waals surface area contributed by atoms with Gasteiger partial charge in [-0.25, -0.2) is 9.78 Å². The molecule has 19 heavy (non-hydrogen) atoms. The number of hydrogen-bond acceptors (Lipinski definition) is 4. The van der Waals surface area contributed by atoms with Gasteiger partial charge >= 0.3 is 5.97 Å². The van der Waals surface area contributed by atoms with Crippen molar-refractivity contribution in [2.24, 2.45) is 0 Å². The Bertz CT molecular complexity index is 623. The van der Waals surface area contributed by atoms with Gasteiger partial charge in [0.25, 0.3) is 5.91 Å². The van der Waals surface area contributed by atoms with Crippen molar-refractivity contribution in [2.45, 2.75) is 0 Å². The van der Waals surface area contributed by atoms with Crippen LogP contribution in [0, 0.1) is 0 Å². The molecule has 2 rings (SSSR count). The Balaban J connectivity index is 2.15. The largest absolute Gasteiger partial charge is 0.507 e. The van der Waals surface area contributed by atoms with Crippen LogP contribution >= 0.6 is 0 Å². The van der Waals surface area contributed by atoms with E-state index in [4.69, 9.17) is 5.11 Å². The van der Waals surface area contributed by atoms with Gasteiger partial charge in [0.1, 0.15) is 11.4 Å². The van der Waals surface area contributed by atoms with Gasteiger partial charge in [0.15, 0.2) is 0 Å². The van der Waals surface area contributed by atoms with Crippen molar-refractivity contribution in [1.82, 2.24) is 4.98 Å². The van der Waals surface area contributed by atoms with Crippen LogP contribution in [0.4, 0.5) is 5.69 Å². The lowest BCUT2D eigenvalue weighted by molar-refractivity contribution is 0.0690. The second-order valence-corrected chi connectivity index (χ2v) is 3.71. The zero-order valence-corrected chi connectivity index (χ0v) is 9.70. The molecule has 96 valence electrons. The number of carbonyl (C=O) groups excluding carboxylic acids is 1. The fraction of sp³-hybridized carbons (Fsp3) is 0. The average molecular weight is 258 g/mol. The molecule has 0 spiro atoms. The molecule has 0 aliphatic rings. The number of phenolic OH excluding ortho intramolecular Hbond substituents is 1. The molecule has 0 saturated heterocycles. The molecule has 0 unspecified atom stereocenters. The molecule has 6 heteroatoms. The van der Waals surface area contributed by atoms with Gasteiger partial charge in [0.05, 0.1) is 17.4 Å². The highest BCUT2D eigenvalue weighted by Crippen LogP contribution is 2.17. The van der Waals surface area contributed by atoms with Gasteiger partial charge in [-0.1, -0.05) is 12.1 Å². The smallest absolute Gasteiger partial charge is 0.354 e. The number of benzene rings is 1. The third-order valence-corrected chi connectivity index (χ3v) is 2.39. The Kier molecular flexibility index (Phi) is 3.42. The van der Waals surface area contributed by atoms with Crippen molar-refractivity contribution in [3.05, 3.63) is 53.9 Å². The number of nitrogens with zero attached hydrogens (tertiary/aromatic N) is 1. The predicted molar refractivity (Wildman–Crippen MR) is 67.3 cm³/mol. The van der Waals surface area contributed by atoms with Crippen molar-refractivity contribution in [3.63, 3.8) is 0 Å². The molecular weight excluding hydrogens is 248 g/mol. The second-order valence-electron chi connectivity index (χ2n) is 3.71. The first-order valence-corrected chi connectivity index (χ1v) is 5.36. The Morgan fingerprint density at radius 2 is 1.84 bits per heavy atom. The summed E-state index contributed by atoms with van der Waals surface area (Å²) in [5.74, 6) is -1.77. The van der Waals surface area contributed by atoms with E-state index in [1.165, 1.54) is 30.5 Å². The zero-order chi connectivity index (χ0) is 13.8. The first-order valence-electron chi connectivity index (χ1n) is 5.36. The van der Waals surface area contributed by atoms with E-state index in [0.29, 0.717) is 5.69 Å². The summed E-state index contributed by atoms with van der Waals surface area (Å²) in [6.45, 7) is 0. The van der Waals surface area contributed by atoms with Crippen LogP contribution in [-0.4, -0.2) is 27.1 Å². The number of anilines is 1. The molecule has 0 saturated carbocycles. The summed E-state index contributed by atoms with van der Waals surface area (Å²) >= 11 is 0. The van der Waals surface area contributed by atoms with Crippen LogP contribution < -0.4 is 5.32 Å². The summed E-state index contributed by atoms with van der Waals surface area (Å²) in [4.78, 5) is 26.1. The minimum atomic E-state index is -1.14. The van der Waals surface area contributed by atoms with Gasteiger partial charge in [-0.3, -0.25) is 4.79 Å². The van der Waals surface area contributed by atoms with E-state index < -0.39 is 11.9 Å². The first-order chi connectivity index (χ1) is 9.08. The number of carboxylic acid groups (broad SMARTS) is 1. The number of phenols is 1. The van der Waals surface area contributed by atoms with Crippen LogP contribution in [-0.2, 0) is 0 Å². The van der Waals surface area contributed by atoms with E-state index in [2.05, 4.69) is 10.3 Å². The molecule has 6 nitrogen and oxygen atoms in total. The highest BCUT2D eigenvalue weighted by atomic mass is 16.4. The zero-order valence-electron chi connectivity index (χ0n) is 9.70. The van der Waals surface area contributed by atoms with Crippen LogP contribution in [0.1, 0.15) is 20.8 Å². The van der Waals surface area contributed by atoms with E-state index in [0.717, 1.165) is 0 Å². The molecule has 0 atom stereocenters. The number of amides is 1. The van der Waals surface area contributed by atoms with Crippen molar-refractivity contribution in [2.75, 3.05) is 5.32 Å². The number of rotatable bonds is 3. The normalized spacial score (nSPS) is 9.89. The Hall–Kier alpha value is -2.89. The third kappa shape index (κ3) is 2.86. The number of aromatic nitrogens is 1. The number of aromatic hydroxyl groups is 1. The Morgan fingerprint density at radius 3 is 2.42 bits per heavy atom.